The van der Waals surface area contributed by atoms with E-state index in [1.165, 1.54) is 6.20 Å². The average Bonchev–Trinajstić information content (AvgIpc) is 2.28. The first-order chi connectivity index (χ1) is 8.15. The van der Waals surface area contributed by atoms with Crippen LogP contribution in [0.5, 0.6) is 0 Å². The maximum Gasteiger partial charge on any atom is 0.141 e. The van der Waals surface area contributed by atoms with Crippen molar-refractivity contribution in [1.29, 1.82) is 0 Å². The van der Waals surface area contributed by atoms with E-state index in [1.54, 1.807) is 12.3 Å². The van der Waals surface area contributed by atoms with Crippen LogP contribution < -0.4 is 5.32 Å². The Kier molecular flexibility index (Phi) is 4.07. The quantitative estimate of drug-likeness (QED) is 0.866. The van der Waals surface area contributed by atoms with Gasteiger partial charge in [0.1, 0.15) is 5.82 Å². The Labute approximate surface area is 102 Å². The number of rotatable bonds is 3. The Morgan fingerprint density at radius 3 is 3.06 bits per heavy atom. The Balaban J connectivity index is 1.86. The van der Waals surface area contributed by atoms with Crippen molar-refractivity contribution in [1.82, 2.24) is 15.2 Å². The van der Waals surface area contributed by atoms with Crippen LogP contribution in [0.1, 0.15) is 18.9 Å². The molecule has 0 radical (unpaired) electrons. The molecule has 2 heterocycles. The summed E-state index contributed by atoms with van der Waals surface area (Å²) in [5, 5.41) is 3.50. The van der Waals surface area contributed by atoms with Gasteiger partial charge in [-0.25, -0.2) is 4.39 Å². The van der Waals surface area contributed by atoms with Crippen molar-refractivity contribution in [2.24, 2.45) is 5.92 Å². The highest BCUT2D eigenvalue weighted by Gasteiger charge is 2.23. The molecule has 1 saturated heterocycles. The summed E-state index contributed by atoms with van der Waals surface area (Å²) in [5.74, 6) is 0.371. The summed E-state index contributed by atoms with van der Waals surface area (Å²) in [5.41, 5.74) is 0.913. The Morgan fingerprint density at radius 1 is 1.53 bits per heavy atom. The smallest absolute Gasteiger partial charge is 0.141 e. The van der Waals surface area contributed by atoms with E-state index in [4.69, 9.17) is 0 Å². The number of aromatic nitrogens is 1. The van der Waals surface area contributed by atoms with Crippen LogP contribution in [0.4, 0.5) is 4.39 Å². The molecule has 1 N–H and O–H groups in total. The molecule has 17 heavy (non-hydrogen) atoms. The molecule has 2 atom stereocenters. The number of hydrogen-bond acceptors (Lipinski definition) is 3. The molecule has 2 unspecified atom stereocenters. The predicted octanol–water partition coefficient (Wildman–Crippen LogP) is 1.65. The summed E-state index contributed by atoms with van der Waals surface area (Å²) >= 11 is 0. The number of pyridine rings is 1. The van der Waals surface area contributed by atoms with Crippen molar-refractivity contribution in [2.75, 3.05) is 20.1 Å². The van der Waals surface area contributed by atoms with E-state index in [2.05, 4.69) is 29.2 Å². The van der Waals surface area contributed by atoms with E-state index in [1.807, 2.05) is 0 Å². The lowest BCUT2D eigenvalue weighted by atomic mass is 9.94. The molecule has 0 aromatic carbocycles. The number of nitrogens with one attached hydrogen (secondary N) is 1. The SMILES string of the molecule is CC1CN(C)CCC1NCc1cncc(F)c1. The third kappa shape index (κ3) is 3.48. The summed E-state index contributed by atoms with van der Waals surface area (Å²) in [6.45, 7) is 5.21. The number of nitrogens with zero attached hydrogens (tertiary/aromatic N) is 2. The zero-order chi connectivity index (χ0) is 12.3. The first kappa shape index (κ1) is 12.5. The molecule has 94 valence electrons. The van der Waals surface area contributed by atoms with Gasteiger partial charge in [0.05, 0.1) is 6.20 Å². The van der Waals surface area contributed by atoms with Crippen molar-refractivity contribution in [3.8, 4) is 0 Å². The molecular weight excluding hydrogens is 217 g/mol. The minimum Gasteiger partial charge on any atom is -0.310 e. The molecule has 0 amide bonds. The molecule has 1 aromatic heterocycles. The van der Waals surface area contributed by atoms with Crippen LogP contribution in [0.3, 0.4) is 0 Å². The fourth-order valence-electron chi connectivity index (χ4n) is 2.46. The standard InChI is InChI=1S/C13H20FN3/c1-10-9-17(2)4-3-13(10)16-7-11-5-12(14)8-15-6-11/h5-6,8,10,13,16H,3-4,7,9H2,1-2H3. The molecule has 1 aromatic rings. The van der Waals surface area contributed by atoms with Crippen molar-refractivity contribution in [3.63, 3.8) is 0 Å². The van der Waals surface area contributed by atoms with Gasteiger partial charge in [0.15, 0.2) is 0 Å². The minimum absolute atomic E-state index is 0.263. The number of hydrogen-bond donors (Lipinski definition) is 1. The van der Waals surface area contributed by atoms with Crippen LogP contribution >= 0.6 is 0 Å². The number of halogens is 1. The van der Waals surface area contributed by atoms with Gasteiger partial charge in [-0.3, -0.25) is 4.98 Å². The first-order valence-corrected chi connectivity index (χ1v) is 6.16. The van der Waals surface area contributed by atoms with Crippen molar-refractivity contribution in [2.45, 2.75) is 25.9 Å². The Hall–Kier alpha value is -1.00. The molecule has 0 saturated carbocycles. The van der Waals surface area contributed by atoms with Gasteiger partial charge in [-0.2, -0.15) is 0 Å². The first-order valence-electron chi connectivity index (χ1n) is 6.16. The predicted molar refractivity (Wildman–Crippen MR) is 66.1 cm³/mol. The van der Waals surface area contributed by atoms with Gasteiger partial charge < -0.3 is 10.2 Å². The summed E-state index contributed by atoms with van der Waals surface area (Å²) in [6.07, 6.45) is 4.11. The van der Waals surface area contributed by atoms with E-state index in [0.717, 1.165) is 25.1 Å². The molecule has 4 heteroatoms. The van der Waals surface area contributed by atoms with Crippen LogP contribution in [0.15, 0.2) is 18.5 Å². The fraction of sp³-hybridized carbons (Fsp3) is 0.615. The summed E-state index contributed by atoms with van der Waals surface area (Å²) in [4.78, 5) is 6.21. The maximum absolute atomic E-state index is 13.0. The van der Waals surface area contributed by atoms with Gasteiger partial charge >= 0.3 is 0 Å². The zero-order valence-electron chi connectivity index (χ0n) is 10.5. The fourth-order valence-corrected chi connectivity index (χ4v) is 2.46. The lowest BCUT2D eigenvalue weighted by Crippen LogP contribution is -2.46. The largest absolute Gasteiger partial charge is 0.310 e. The van der Waals surface area contributed by atoms with E-state index >= 15 is 0 Å². The van der Waals surface area contributed by atoms with Gasteiger partial charge in [0.25, 0.3) is 0 Å². The average molecular weight is 237 g/mol. The second-order valence-corrected chi connectivity index (χ2v) is 5.03. The molecule has 3 nitrogen and oxygen atoms in total. The van der Waals surface area contributed by atoms with Gasteiger partial charge in [-0.05, 0) is 37.6 Å². The topological polar surface area (TPSA) is 28.2 Å². The summed E-state index contributed by atoms with van der Waals surface area (Å²) < 4.78 is 13.0. The number of piperidine rings is 1. The normalized spacial score (nSPS) is 26.1. The van der Waals surface area contributed by atoms with E-state index in [0.29, 0.717) is 18.5 Å². The third-order valence-corrected chi connectivity index (χ3v) is 3.44. The van der Waals surface area contributed by atoms with Gasteiger partial charge in [-0.1, -0.05) is 6.92 Å². The molecule has 0 bridgehead atoms. The van der Waals surface area contributed by atoms with Crippen molar-refractivity contribution >= 4 is 0 Å². The lowest BCUT2D eigenvalue weighted by molar-refractivity contribution is 0.174. The molecule has 1 aliphatic heterocycles. The van der Waals surface area contributed by atoms with Gasteiger partial charge in [0.2, 0.25) is 0 Å². The van der Waals surface area contributed by atoms with Gasteiger partial charge in [0, 0.05) is 25.3 Å². The van der Waals surface area contributed by atoms with Crippen molar-refractivity contribution < 1.29 is 4.39 Å². The molecule has 1 fully saturated rings. The van der Waals surface area contributed by atoms with Crippen LogP contribution in [0, 0.1) is 11.7 Å². The Morgan fingerprint density at radius 2 is 2.35 bits per heavy atom. The zero-order valence-corrected chi connectivity index (χ0v) is 10.5. The summed E-state index contributed by atoms with van der Waals surface area (Å²) in [7, 11) is 2.16. The third-order valence-electron chi connectivity index (χ3n) is 3.44. The molecule has 0 spiro atoms. The van der Waals surface area contributed by atoms with E-state index in [9.17, 15) is 4.39 Å². The highest BCUT2D eigenvalue weighted by molar-refractivity contribution is 5.10. The molecular formula is C13H20FN3. The Bertz CT molecular complexity index is 369. The highest BCUT2D eigenvalue weighted by atomic mass is 19.1. The van der Waals surface area contributed by atoms with Crippen molar-refractivity contribution in [3.05, 3.63) is 29.8 Å². The lowest BCUT2D eigenvalue weighted by Gasteiger charge is -2.35. The van der Waals surface area contributed by atoms with Crippen LogP contribution in [0.2, 0.25) is 0 Å². The van der Waals surface area contributed by atoms with E-state index < -0.39 is 0 Å². The number of likely N-dealkylation sites (tertiary alicyclic amines) is 1. The maximum atomic E-state index is 13.0. The van der Waals surface area contributed by atoms with Crippen LogP contribution in [-0.4, -0.2) is 36.1 Å². The molecule has 0 aliphatic carbocycles. The van der Waals surface area contributed by atoms with E-state index in [-0.39, 0.29) is 5.82 Å². The summed E-state index contributed by atoms with van der Waals surface area (Å²) in [6, 6.07) is 2.06. The second kappa shape index (κ2) is 5.56. The van der Waals surface area contributed by atoms with Crippen LogP contribution in [0.25, 0.3) is 0 Å². The van der Waals surface area contributed by atoms with Gasteiger partial charge in [-0.15, -0.1) is 0 Å². The van der Waals surface area contributed by atoms with Crippen LogP contribution in [-0.2, 0) is 6.54 Å². The monoisotopic (exact) mass is 237 g/mol. The highest BCUT2D eigenvalue weighted by Crippen LogP contribution is 2.15. The second-order valence-electron chi connectivity index (χ2n) is 5.03. The minimum atomic E-state index is -0.263. The molecule has 2 rings (SSSR count). The molecule has 1 aliphatic rings.